The molecule has 1 nitrogen and oxygen atoms in total. The van der Waals surface area contributed by atoms with Crippen LogP contribution < -0.4 is 5.32 Å². The zero-order chi connectivity index (χ0) is 11.8. The maximum atomic E-state index is 3.59. The van der Waals surface area contributed by atoms with Crippen LogP contribution in [0.2, 0.25) is 0 Å². The van der Waals surface area contributed by atoms with Crippen molar-refractivity contribution in [2.75, 3.05) is 6.54 Å². The Balaban J connectivity index is 2.61. The molecular weight excluding hydrogens is 194 g/mol. The lowest BCUT2D eigenvalue weighted by molar-refractivity contribution is 0.486. The topological polar surface area (TPSA) is 12.0 Å². The Kier molecular flexibility index (Phi) is 6.17. The molecule has 1 aromatic rings. The highest BCUT2D eigenvalue weighted by atomic mass is 14.9. The molecule has 0 saturated heterocycles. The highest BCUT2D eigenvalue weighted by Crippen LogP contribution is 2.20. The molecule has 0 aromatic heterocycles. The standard InChI is InChI=1S/C15H25N/c1-4-6-7-11-15(16-5-2)14-10-8-9-13(3)12-14/h8-10,12,15-16H,4-7,11H2,1-3H3. The lowest BCUT2D eigenvalue weighted by atomic mass is 9.99. The normalized spacial score (nSPS) is 12.7. The second-order valence-corrected chi connectivity index (χ2v) is 4.52. The number of hydrogen-bond donors (Lipinski definition) is 1. The Bertz CT molecular complexity index is 293. The van der Waals surface area contributed by atoms with E-state index in [1.807, 2.05) is 0 Å². The Morgan fingerprint density at radius 3 is 2.62 bits per heavy atom. The fraction of sp³-hybridized carbons (Fsp3) is 0.600. The van der Waals surface area contributed by atoms with Gasteiger partial charge in [-0.3, -0.25) is 0 Å². The summed E-state index contributed by atoms with van der Waals surface area (Å²) in [7, 11) is 0. The highest BCUT2D eigenvalue weighted by Gasteiger charge is 2.09. The van der Waals surface area contributed by atoms with E-state index in [1.165, 1.54) is 36.8 Å². The van der Waals surface area contributed by atoms with Crippen molar-refractivity contribution >= 4 is 0 Å². The summed E-state index contributed by atoms with van der Waals surface area (Å²) in [6, 6.07) is 9.41. The number of aryl methyl sites for hydroxylation is 1. The van der Waals surface area contributed by atoms with Gasteiger partial charge in [0.25, 0.3) is 0 Å². The number of hydrogen-bond acceptors (Lipinski definition) is 1. The minimum atomic E-state index is 0.538. The maximum Gasteiger partial charge on any atom is 0.0320 e. The minimum absolute atomic E-state index is 0.538. The average molecular weight is 219 g/mol. The number of unbranched alkanes of at least 4 members (excludes halogenated alkanes) is 2. The molecule has 1 N–H and O–H groups in total. The minimum Gasteiger partial charge on any atom is -0.310 e. The highest BCUT2D eigenvalue weighted by molar-refractivity contribution is 5.25. The molecule has 90 valence electrons. The molecule has 0 spiro atoms. The quantitative estimate of drug-likeness (QED) is 0.677. The molecule has 0 heterocycles. The first-order valence-corrected chi connectivity index (χ1v) is 6.57. The SMILES string of the molecule is CCCCCC(NCC)c1cccc(C)c1. The summed E-state index contributed by atoms with van der Waals surface area (Å²) in [4.78, 5) is 0. The first kappa shape index (κ1) is 13.2. The zero-order valence-corrected chi connectivity index (χ0v) is 10.9. The summed E-state index contributed by atoms with van der Waals surface area (Å²) >= 11 is 0. The molecular formula is C15H25N. The molecule has 1 atom stereocenters. The zero-order valence-electron chi connectivity index (χ0n) is 10.9. The summed E-state index contributed by atoms with van der Waals surface area (Å²) < 4.78 is 0. The first-order valence-electron chi connectivity index (χ1n) is 6.57. The van der Waals surface area contributed by atoms with Gasteiger partial charge in [-0.05, 0) is 25.5 Å². The van der Waals surface area contributed by atoms with Gasteiger partial charge in [-0.15, -0.1) is 0 Å². The largest absolute Gasteiger partial charge is 0.310 e. The lowest BCUT2D eigenvalue weighted by Crippen LogP contribution is -2.20. The number of benzene rings is 1. The van der Waals surface area contributed by atoms with Crippen LogP contribution in [0.5, 0.6) is 0 Å². The smallest absolute Gasteiger partial charge is 0.0320 e. The second-order valence-electron chi connectivity index (χ2n) is 4.52. The van der Waals surface area contributed by atoms with Gasteiger partial charge in [-0.25, -0.2) is 0 Å². The van der Waals surface area contributed by atoms with E-state index in [1.54, 1.807) is 0 Å². The van der Waals surface area contributed by atoms with Crippen LogP contribution in [0.4, 0.5) is 0 Å². The molecule has 0 aliphatic heterocycles. The Morgan fingerprint density at radius 1 is 1.19 bits per heavy atom. The molecule has 0 amide bonds. The van der Waals surface area contributed by atoms with E-state index in [0.29, 0.717) is 6.04 Å². The third kappa shape index (κ3) is 4.36. The summed E-state index contributed by atoms with van der Waals surface area (Å²) in [5, 5.41) is 3.59. The van der Waals surface area contributed by atoms with Crippen LogP contribution in [0.25, 0.3) is 0 Å². The molecule has 0 fully saturated rings. The van der Waals surface area contributed by atoms with Gasteiger partial charge in [-0.1, -0.05) is 62.9 Å². The summed E-state index contributed by atoms with van der Waals surface area (Å²) in [6.45, 7) is 7.65. The van der Waals surface area contributed by atoms with Crippen LogP contribution in [0.15, 0.2) is 24.3 Å². The third-order valence-corrected chi connectivity index (χ3v) is 2.99. The third-order valence-electron chi connectivity index (χ3n) is 2.99. The fourth-order valence-corrected chi connectivity index (χ4v) is 2.12. The van der Waals surface area contributed by atoms with E-state index in [2.05, 4.69) is 50.4 Å². The van der Waals surface area contributed by atoms with Gasteiger partial charge < -0.3 is 5.32 Å². The molecule has 1 unspecified atom stereocenters. The van der Waals surface area contributed by atoms with E-state index in [-0.39, 0.29) is 0 Å². The van der Waals surface area contributed by atoms with Crippen molar-refractivity contribution in [1.82, 2.24) is 5.32 Å². The van der Waals surface area contributed by atoms with Gasteiger partial charge >= 0.3 is 0 Å². The van der Waals surface area contributed by atoms with Gasteiger partial charge in [0.15, 0.2) is 0 Å². The second kappa shape index (κ2) is 7.45. The first-order chi connectivity index (χ1) is 7.77. The van der Waals surface area contributed by atoms with E-state index in [0.717, 1.165) is 6.54 Å². The fourth-order valence-electron chi connectivity index (χ4n) is 2.12. The summed E-state index contributed by atoms with van der Waals surface area (Å²) in [5.41, 5.74) is 2.80. The van der Waals surface area contributed by atoms with Crippen LogP contribution in [-0.4, -0.2) is 6.54 Å². The molecule has 0 aliphatic carbocycles. The van der Waals surface area contributed by atoms with E-state index >= 15 is 0 Å². The lowest BCUT2D eigenvalue weighted by Gasteiger charge is -2.18. The Hall–Kier alpha value is -0.820. The summed E-state index contributed by atoms with van der Waals surface area (Å²) in [5.74, 6) is 0. The molecule has 0 radical (unpaired) electrons. The molecule has 1 rings (SSSR count). The number of nitrogens with one attached hydrogen (secondary N) is 1. The van der Waals surface area contributed by atoms with Crippen LogP contribution in [0.3, 0.4) is 0 Å². The van der Waals surface area contributed by atoms with Crippen LogP contribution >= 0.6 is 0 Å². The summed E-state index contributed by atoms with van der Waals surface area (Å²) in [6.07, 6.45) is 5.22. The molecule has 1 heteroatoms. The van der Waals surface area contributed by atoms with Crippen molar-refractivity contribution in [3.8, 4) is 0 Å². The van der Waals surface area contributed by atoms with E-state index < -0.39 is 0 Å². The van der Waals surface area contributed by atoms with Crippen molar-refractivity contribution in [3.63, 3.8) is 0 Å². The Labute approximate surface area is 100 Å². The van der Waals surface area contributed by atoms with Crippen LogP contribution in [0, 0.1) is 6.92 Å². The van der Waals surface area contributed by atoms with Crippen molar-refractivity contribution in [2.24, 2.45) is 0 Å². The van der Waals surface area contributed by atoms with Gasteiger partial charge in [-0.2, -0.15) is 0 Å². The predicted molar refractivity (Wildman–Crippen MR) is 71.7 cm³/mol. The Morgan fingerprint density at radius 2 is 2.00 bits per heavy atom. The maximum absolute atomic E-state index is 3.59. The molecule has 0 saturated carbocycles. The van der Waals surface area contributed by atoms with Gasteiger partial charge in [0.05, 0.1) is 0 Å². The van der Waals surface area contributed by atoms with E-state index in [9.17, 15) is 0 Å². The van der Waals surface area contributed by atoms with Gasteiger partial charge in [0.2, 0.25) is 0 Å². The van der Waals surface area contributed by atoms with Crippen LogP contribution in [-0.2, 0) is 0 Å². The van der Waals surface area contributed by atoms with Crippen molar-refractivity contribution in [1.29, 1.82) is 0 Å². The van der Waals surface area contributed by atoms with Crippen molar-refractivity contribution in [2.45, 2.75) is 52.5 Å². The van der Waals surface area contributed by atoms with Crippen LogP contribution in [0.1, 0.15) is 56.7 Å². The van der Waals surface area contributed by atoms with Crippen molar-refractivity contribution in [3.05, 3.63) is 35.4 Å². The van der Waals surface area contributed by atoms with Gasteiger partial charge in [0, 0.05) is 6.04 Å². The molecule has 1 aromatic carbocycles. The monoisotopic (exact) mass is 219 g/mol. The average Bonchev–Trinajstić information content (AvgIpc) is 2.28. The molecule has 16 heavy (non-hydrogen) atoms. The predicted octanol–water partition coefficient (Wildman–Crippen LogP) is 4.23. The van der Waals surface area contributed by atoms with Crippen molar-refractivity contribution < 1.29 is 0 Å². The number of rotatable bonds is 7. The van der Waals surface area contributed by atoms with E-state index in [4.69, 9.17) is 0 Å². The van der Waals surface area contributed by atoms with Gasteiger partial charge in [0.1, 0.15) is 0 Å². The molecule has 0 aliphatic rings. The molecule has 0 bridgehead atoms.